The highest BCUT2D eigenvalue weighted by atomic mass is 16.5. The van der Waals surface area contributed by atoms with Crippen LogP contribution in [0.25, 0.3) is 11.3 Å². The van der Waals surface area contributed by atoms with Crippen molar-refractivity contribution in [3.8, 4) is 11.3 Å². The van der Waals surface area contributed by atoms with Crippen molar-refractivity contribution in [1.82, 2.24) is 15.5 Å². The highest BCUT2D eigenvalue weighted by Crippen LogP contribution is 2.28. The van der Waals surface area contributed by atoms with E-state index in [0.29, 0.717) is 17.9 Å². The van der Waals surface area contributed by atoms with Crippen molar-refractivity contribution in [2.45, 2.75) is 32.4 Å². The van der Waals surface area contributed by atoms with Gasteiger partial charge in [-0.1, -0.05) is 30.3 Å². The van der Waals surface area contributed by atoms with Crippen molar-refractivity contribution in [2.24, 2.45) is 0 Å². The highest BCUT2D eigenvalue weighted by Gasteiger charge is 2.24. The van der Waals surface area contributed by atoms with E-state index in [0.717, 1.165) is 29.8 Å². The zero-order valence-electron chi connectivity index (χ0n) is 15.5. The van der Waals surface area contributed by atoms with E-state index in [-0.39, 0.29) is 18.2 Å². The smallest absolute Gasteiger partial charge is 0.349 e. The van der Waals surface area contributed by atoms with Crippen LogP contribution in [0.2, 0.25) is 0 Å². The summed E-state index contributed by atoms with van der Waals surface area (Å²) < 4.78 is 10.9. The van der Waals surface area contributed by atoms with Crippen LogP contribution in [-0.4, -0.2) is 22.7 Å². The highest BCUT2D eigenvalue weighted by molar-refractivity contribution is 5.95. The number of amides is 1. The Kier molecular flexibility index (Phi) is 5.08. The molecule has 144 valence electrons. The van der Waals surface area contributed by atoms with Gasteiger partial charge in [0.15, 0.2) is 0 Å². The van der Waals surface area contributed by atoms with Crippen molar-refractivity contribution < 1.29 is 13.9 Å². The molecule has 0 radical (unpaired) electrons. The van der Waals surface area contributed by atoms with E-state index in [1.807, 2.05) is 36.4 Å². The monoisotopic (exact) mass is 379 g/mol. The van der Waals surface area contributed by atoms with Gasteiger partial charge in [-0.05, 0) is 37.5 Å². The summed E-state index contributed by atoms with van der Waals surface area (Å²) >= 11 is 0. The minimum Gasteiger partial charge on any atom is -0.424 e. The second-order valence-electron chi connectivity index (χ2n) is 6.82. The average Bonchev–Trinajstić information content (AvgIpc) is 3.39. The van der Waals surface area contributed by atoms with E-state index in [2.05, 4.69) is 15.5 Å². The van der Waals surface area contributed by atoms with Crippen LogP contribution in [0.15, 0.2) is 51.7 Å². The maximum absolute atomic E-state index is 12.5. The number of aromatic nitrogens is 2. The van der Waals surface area contributed by atoms with Gasteiger partial charge in [-0.25, -0.2) is 4.79 Å². The standard InChI is InChI=1S/C21H21N3O4/c1-13-10-18(17-8-5-9-27-17)28-21(26)19(13)20(25)22-12-15-11-16(24-23-15)14-6-3-2-4-7-14/h2-4,6-7,10-11,17H,5,8-9,12H2,1H3,(H,22,25)(H,23,24). The topological polar surface area (TPSA) is 97.2 Å². The van der Waals surface area contributed by atoms with Gasteiger partial charge in [-0.3, -0.25) is 9.89 Å². The van der Waals surface area contributed by atoms with Crippen LogP contribution in [0.1, 0.15) is 46.3 Å². The fourth-order valence-electron chi connectivity index (χ4n) is 3.34. The van der Waals surface area contributed by atoms with Gasteiger partial charge in [0.1, 0.15) is 17.4 Å². The second-order valence-corrected chi connectivity index (χ2v) is 6.82. The zero-order chi connectivity index (χ0) is 19.5. The predicted octanol–water partition coefficient (Wildman–Crippen LogP) is 3.12. The van der Waals surface area contributed by atoms with Gasteiger partial charge in [0.2, 0.25) is 0 Å². The van der Waals surface area contributed by atoms with Crippen molar-refractivity contribution in [3.63, 3.8) is 0 Å². The van der Waals surface area contributed by atoms with Crippen LogP contribution >= 0.6 is 0 Å². The van der Waals surface area contributed by atoms with E-state index >= 15 is 0 Å². The molecule has 1 unspecified atom stereocenters. The maximum Gasteiger partial charge on any atom is 0.349 e. The van der Waals surface area contributed by atoms with Crippen LogP contribution in [0.4, 0.5) is 0 Å². The first-order valence-electron chi connectivity index (χ1n) is 9.26. The van der Waals surface area contributed by atoms with Crippen molar-refractivity contribution in [1.29, 1.82) is 0 Å². The Bertz CT molecular complexity index is 1030. The molecule has 0 aliphatic carbocycles. The van der Waals surface area contributed by atoms with Crippen molar-refractivity contribution >= 4 is 5.91 Å². The molecule has 0 spiro atoms. The first-order chi connectivity index (χ1) is 13.6. The van der Waals surface area contributed by atoms with E-state index in [9.17, 15) is 9.59 Å². The average molecular weight is 379 g/mol. The number of benzene rings is 1. The fourth-order valence-corrected chi connectivity index (χ4v) is 3.34. The summed E-state index contributed by atoms with van der Waals surface area (Å²) in [5.41, 5.74) is 2.47. The molecular formula is C21H21N3O4. The predicted molar refractivity (Wildman–Crippen MR) is 103 cm³/mol. The molecule has 7 nitrogen and oxygen atoms in total. The molecule has 3 aromatic rings. The summed E-state index contributed by atoms with van der Waals surface area (Å²) in [5, 5.41) is 9.91. The zero-order valence-corrected chi connectivity index (χ0v) is 15.5. The SMILES string of the molecule is Cc1cc(C2CCCO2)oc(=O)c1C(=O)NCc1cc(-c2ccccc2)n[nH]1. The number of nitrogens with zero attached hydrogens (tertiary/aromatic N) is 1. The second kappa shape index (κ2) is 7.82. The third-order valence-corrected chi connectivity index (χ3v) is 4.78. The van der Waals surface area contributed by atoms with Crippen LogP contribution in [0.5, 0.6) is 0 Å². The Morgan fingerprint density at radius 2 is 2.11 bits per heavy atom. The lowest BCUT2D eigenvalue weighted by Gasteiger charge is -2.11. The minimum absolute atomic E-state index is 0.0181. The molecule has 1 aromatic carbocycles. The largest absolute Gasteiger partial charge is 0.424 e. The number of hydrogen-bond acceptors (Lipinski definition) is 5. The quantitative estimate of drug-likeness (QED) is 0.710. The Balaban J connectivity index is 1.45. The number of carbonyl (C=O) groups is 1. The lowest BCUT2D eigenvalue weighted by molar-refractivity contribution is 0.0882. The fraction of sp³-hybridized carbons (Fsp3) is 0.286. The molecule has 7 heteroatoms. The van der Waals surface area contributed by atoms with Gasteiger partial charge in [-0.15, -0.1) is 0 Å². The Morgan fingerprint density at radius 3 is 2.82 bits per heavy atom. The molecule has 1 aliphatic heterocycles. The molecule has 1 fully saturated rings. The van der Waals surface area contributed by atoms with Crippen LogP contribution in [0, 0.1) is 6.92 Å². The number of nitrogens with one attached hydrogen (secondary N) is 2. The number of ether oxygens (including phenoxy) is 1. The molecule has 4 rings (SSSR count). The summed E-state index contributed by atoms with van der Waals surface area (Å²) in [5.74, 6) is 0.0126. The maximum atomic E-state index is 12.5. The molecule has 0 saturated carbocycles. The third-order valence-electron chi connectivity index (χ3n) is 4.78. The molecule has 2 N–H and O–H groups in total. The van der Waals surface area contributed by atoms with E-state index in [1.165, 1.54) is 0 Å². The third kappa shape index (κ3) is 3.75. The molecule has 1 aliphatic rings. The van der Waals surface area contributed by atoms with E-state index in [4.69, 9.17) is 9.15 Å². The number of hydrogen-bond donors (Lipinski definition) is 2. The van der Waals surface area contributed by atoms with Crippen LogP contribution in [0.3, 0.4) is 0 Å². The Hall–Kier alpha value is -3.19. The van der Waals surface area contributed by atoms with Gasteiger partial charge < -0.3 is 14.5 Å². The van der Waals surface area contributed by atoms with Crippen molar-refractivity contribution in [3.05, 3.63) is 75.5 Å². The normalized spacial score (nSPS) is 16.2. The summed E-state index contributed by atoms with van der Waals surface area (Å²) in [6.07, 6.45) is 1.55. The molecule has 1 amide bonds. The van der Waals surface area contributed by atoms with Crippen molar-refractivity contribution in [2.75, 3.05) is 6.61 Å². The molecule has 1 saturated heterocycles. The molecular weight excluding hydrogens is 358 g/mol. The Morgan fingerprint density at radius 1 is 1.29 bits per heavy atom. The first-order valence-corrected chi connectivity index (χ1v) is 9.26. The number of carbonyl (C=O) groups excluding carboxylic acids is 1. The molecule has 3 heterocycles. The van der Waals surface area contributed by atoms with Crippen LogP contribution in [-0.2, 0) is 11.3 Å². The van der Waals surface area contributed by atoms with Crippen LogP contribution < -0.4 is 10.9 Å². The number of H-pyrrole nitrogens is 1. The van der Waals surface area contributed by atoms with Gasteiger partial charge in [0.05, 0.1) is 17.9 Å². The molecule has 28 heavy (non-hydrogen) atoms. The van der Waals surface area contributed by atoms with E-state index < -0.39 is 11.5 Å². The lowest BCUT2D eigenvalue weighted by Crippen LogP contribution is -2.29. The summed E-state index contributed by atoms with van der Waals surface area (Å²) in [4.78, 5) is 24.9. The van der Waals surface area contributed by atoms with Gasteiger partial charge >= 0.3 is 5.63 Å². The molecule has 2 aromatic heterocycles. The van der Waals surface area contributed by atoms with Gasteiger partial charge in [0.25, 0.3) is 5.91 Å². The van der Waals surface area contributed by atoms with Gasteiger partial charge in [0, 0.05) is 12.2 Å². The minimum atomic E-state index is -0.641. The Labute approximate surface area is 161 Å². The summed E-state index contributed by atoms with van der Waals surface area (Å²) in [6, 6.07) is 13.3. The molecule has 0 bridgehead atoms. The van der Waals surface area contributed by atoms with E-state index in [1.54, 1.807) is 13.0 Å². The number of aromatic amines is 1. The first kappa shape index (κ1) is 18.2. The summed E-state index contributed by atoms with van der Waals surface area (Å²) in [7, 11) is 0. The number of aryl methyl sites for hydroxylation is 1. The van der Waals surface area contributed by atoms with Gasteiger partial charge in [-0.2, -0.15) is 5.10 Å². The summed E-state index contributed by atoms with van der Waals surface area (Å²) in [6.45, 7) is 2.61. The lowest BCUT2D eigenvalue weighted by atomic mass is 10.1. The molecule has 1 atom stereocenters. The number of rotatable bonds is 5.